The molecule has 1 saturated heterocycles. The molecule has 5 rings (SSSR count). The Morgan fingerprint density at radius 1 is 1.12 bits per heavy atom. The molecule has 1 fully saturated rings. The van der Waals surface area contributed by atoms with E-state index in [4.69, 9.17) is 9.72 Å². The van der Waals surface area contributed by atoms with E-state index in [0.717, 1.165) is 27.4 Å². The number of hydrogen-bond acceptors (Lipinski definition) is 6. The van der Waals surface area contributed by atoms with Gasteiger partial charge in [-0.15, -0.1) is 0 Å². The van der Waals surface area contributed by atoms with E-state index in [0.29, 0.717) is 44.4 Å². The van der Waals surface area contributed by atoms with Gasteiger partial charge in [-0.3, -0.25) is 4.79 Å². The number of benzene rings is 2. The number of nitrogens with one attached hydrogen (secondary N) is 2. The lowest BCUT2D eigenvalue weighted by molar-refractivity contribution is 0.0752. The number of ether oxygens (including phenoxy) is 1. The smallest absolute Gasteiger partial charge is 0.251 e. The van der Waals surface area contributed by atoms with E-state index in [2.05, 4.69) is 29.5 Å². The fourth-order valence-corrected chi connectivity index (χ4v) is 5.41. The summed E-state index contributed by atoms with van der Waals surface area (Å²) in [6, 6.07) is 15.2. The van der Waals surface area contributed by atoms with Gasteiger partial charge in [-0.05, 0) is 42.0 Å². The van der Waals surface area contributed by atoms with Crippen LogP contribution in [0.25, 0.3) is 11.3 Å². The van der Waals surface area contributed by atoms with Crippen LogP contribution in [0.4, 0.5) is 11.6 Å². The Labute approximate surface area is 201 Å². The number of carbonyl (C=O) groups is 1. The molecular weight excluding hydrogens is 450 g/mol. The molecule has 8 nitrogen and oxygen atoms in total. The maximum absolute atomic E-state index is 12.9. The molecule has 0 saturated carbocycles. The average molecular weight is 478 g/mol. The van der Waals surface area contributed by atoms with Gasteiger partial charge in [0.25, 0.3) is 5.91 Å². The van der Waals surface area contributed by atoms with Gasteiger partial charge in [0, 0.05) is 48.1 Å². The van der Waals surface area contributed by atoms with Gasteiger partial charge >= 0.3 is 0 Å². The summed E-state index contributed by atoms with van der Waals surface area (Å²) in [4.78, 5) is 22.1. The molecule has 2 N–H and O–H groups in total. The summed E-state index contributed by atoms with van der Waals surface area (Å²) in [6.07, 6.45) is 1.71. The molecule has 1 aromatic heterocycles. The predicted molar refractivity (Wildman–Crippen MR) is 131 cm³/mol. The normalized spacial score (nSPS) is 18.6. The Bertz CT molecular complexity index is 1260. The monoisotopic (exact) mass is 477 g/mol. The highest BCUT2D eigenvalue weighted by Crippen LogP contribution is 2.33. The minimum Gasteiger partial charge on any atom is -0.379 e. The quantitative estimate of drug-likeness (QED) is 0.586. The van der Waals surface area contributed by atoms with Gasteiger partial charge in [-0.25, -0.2) is 18.5 Å². The predicted octanol–water partition coefficient (Wildman–Crippen LogP) is 3.26. The van der Waals surface area contributed by atoms with Crippen LogP contribution in [0.15, 0.2) is 59.6 Å². The zero-order chi connectivity index (χ0) is 23.7. The number of aromatic nitrogens is 2. The summed E-state index contributed by atoms with van der Waals surface area (Å²) in [7, 11) is -1.24. The van der Waals surface area contributed by atoms with Crippen molar-refractivity contribution in [2.75, 3.05) is 38.2 Å². The topological polar surface area (TPSA) is 96.5 Å². The number of anilines is 2. The van der Waals surface area contributed by atoms with Crippen molar-refractivity contribution in [1.82, 2.24) is 19.6 Å². The van der Waals surface area contributed by atoms with Gasteiger partial charge in [-0.1, -0.05) is 26.0 Å². The van der Waals surface area contributed by atoms with Gasteiger partial charge in [0.05, 0.1) is 23.8 Å². The third-order valence-electron chi connectivity index (χ3n) is 6.13. The van der Waals surface area contributed by atoms with Crippen LogP contribution >= 0.6 is 0 Å². The van der Waals surface area contributed by atoms with Crippen molar-refractivity contribution in [3.05, 3.63) is 65.9 Å². The molecule has 3 aromatic rings. The Hall–Kier alpha value is -3.14. The lowest BCUT2D eigenvalue weighted by Gasteiger charge is -2.32. The second-order valence-electron chi connectivity index (χ2n) is 9.04. The molecule has 3 heterocycles. The van der Waals surface area contributed by atoms with Crippen molar-refractivity contribution in [3.63, 3.8) is 0 Å². The van der Waals surface area contributed by atoms with Crippen molar-refractivity contribution >= 4 is 28.5 Å². The summed E-state index contributed by atoms with van der Waals surface area (Å²) >= 11 is 0. The minimum absolute atomic E-state index is 0.0414. The molecule has 0 bridgehead atoms. The molecule has 176 valence electrons. The highest BCUT2D eigenvalue weighted by molar-refractivity contribution is 7.82. The molecule has 2 aliphatic heterocycles. The summed E-state index contributed by atoms with van der Waals surface area (Å²) in [5.74, 6) is 0.404. The standard InChI is InChI=1S/C25H27N5O3S/c1-25(2)16-27-23(31)20-7-6-17(14-21(20)25)22-8-9-26-24(29-22)28-18-4-3-5-19(15-18)34(32)30-10-12-33-13-11-30/h3-9,14-15H,10-13,16H2,1-2H3,(H,27,31)(H,26,28,29). The van der Waals surface area contributed by atoms with Gasteiger partial charge in [0.1, 0.15) is 11.0 Å². The molecule has 9 heteroatoms. The number of hydrogen-bond donors (Lipinski definition) is 2. The van der Waals surface area contributed by atoms with E-state index < -0.39 is 11.0 Å². The van der Waals surface area contributed by atoms with Crippen LogP contribution in [-0.2, 0) is 21.1 Å². The van der Waals surface area contributed by atoms with Crippen molar-refractivity contribution in [3.8, 4) is 11.3 Å². The molecule has 1 amide bonds. The summed E-state index contributed by atoms with van der Waals surface area (Å²) < 4.78 is 20.2. The largest absolute Gasteiger partial charge is 0.379 e. The van der Waals surface area contributed by atoms with E-state index in [1.165, 1.54) is 0 Å². The zero-order valence-corrected chi connectivity index (χ0v) is 20.0. The summed E-state index contributed by atoms with van der Waals surface area (Å²) in [6.45, 7) is 7.32. The number of fused-ring (bicyclic) bond motifs is 1. The van der Waals surface area contributed by atoms with Crippen LogP contribution in [0, 0.1) is 0 Å². The zero-order valence-electron chi connectivity index (χ0n) is 19.2. The number of carbonyl (C=O) groups excluding carboxylic acids is 1. The first-order chi connectivity index (χ1) is 16.4. The molecule has 2 aromatic carbocycles. The molecule has 1 unspecified atom stereocenters. The summed E-state index contributed by atoms with van der Waals surface area (Å²) in [5.41, 5.74) is 4.01. The van der Waals surface area contributed by atoms with Crippen LogP contribution in [0.2, 0.25) is 0 Å². The summed E-state index contributed by atoms with van der Waals surface area (Å²) in [5, 5.41) is 6.19. The number of nitrogens with zero attached hydrogens (tertiary/aromatic N) is 3. The molecular formula is C25H27N5O3S. The molecule has 0 spiro atoms. The first-order valence-corrected chi connectivity index (χ1v) is 12.4. The van der Waals surface area contributed by atoms with E-state index in [9.17, 15) is 9.00 Å². The lowest BCUT2D eigenvalue weighted by atomic mass is 9.78. The van der Waals surface area contributed by atoms with Crippen molar-refractivity contribution in [2.45, 2.75) is 24.2 Å². The van der Waals surface area contributed by atoms with Gasteiger partial charge < -0.3 is 15.4 Å². The third kappa shape index (κ3) is 4.59. The first-order valence-electron chi connectivity index (χ1n) is 11.3. The van der Waals surface area contributed by atoms with Crippen LogP contribution in [0.1, 0.15) is 29.8 Å². The van der Waals surface area contributed by atoms with Gasteiger partial charge in [0.2, 0.25) is 5.95 Å². The maximum atomic E-state index is 12.9. The van der Waals surface area contributed by atoms with Crippen molar-refractivity contribution in [2.24, 2.45) is 0 Å². The maximum Gasteiger partial charge on any atom is 0.251 e. The van der Waals surface area contributed by atoms with Crippen molar-refractivity contribution in [1.29, 1.82) is 0 Å². The Balaban J connectivity index is 1.39. The lowest BCUT2D eigenvalue weighted by Crippen LogP contribution is -2.43. The molecule has 0 aliphatic carbocycles. The van der Waals surface area contributed by atoms with Gasteiger partial charge in [-0.2, -0.15) is 0 Å². The average Bonchev–Trinajstić information content (AvgIpc) is 2.87. The Morgan fingerprint density at radius 2 is 1.94 bits per heavy atom. The van der Waals surface area contributed by atoms with Crippen molar-refractivity contribution < 1.29 is 13.7 Å². The third-order valence-corrected chi connectivity index (χ3v) is 7.62. The second-order valence-corrected chi connectivity index (χ2v) is 10.5. The SMILES string of the molecule is CC1(C)CNC(=O)c2ccc(-c3ccnc(Nc4cccc(S(=O)N5CCOCC5)c4)n3)cc21. The number of morpholine rings is 1. The highest BCUT2D eigenvalue weighted by atomic mass is 32.2. The fraction of sp³-hybridized carbons (Fsp3) is 0.320. The molecule has 2 aliphatic rings. The van der Waals surface area contributed by atoms with Crippen LogP contribution in [-0.4, -0.2) is 57.2 Å². The second kappa shape index (κ2) is 9.25. The fourth-order valence-electron chi connectivity index (χ4n) is 4.21. The van der Waals surface area contributed by atoms with Crippen LogP contribution in [0.3, 0.4) is 0 Å². The van der Waals surface area contributed by atoms with E-state index >= 15 is 0 Å². The van der Waals surface area contributed by atoms with E-state index in [-0.39, 0.29) is 11.3 Å². The Morgan fingerprint density at radius 3 is 2.76 bits per heavy atom. The molecule has 34 heavy (non-hydrogen) atoms. The molecule has 1 atom stereocenters. The van der Waals surface area contributed by atoms with E-state index in [1.54, 1.807) is 6.20 Å². The van der Waals surface area contributed by atoms with Crippen LogP contribution in [0.5, 0.6) is 0 Å². The highest BCUT2D eigenvalue weighted by Gasteiger charge is 2.31. The van der Waals surface area contributed by atoms with E-state index in [1.807, 2.05) is 52.8 Å². The minimum atomic E-state index is -1.24. The van der Waals surface area contributed by atoms with Gasteiger partial charge in [0.15, 0.2) is 0 Å². The Kier molecular flexibility index (Phi) is 6.16. The molecule has 0 radical (unpaired) electrons. The number of rotatable bonds is 5. The van der Waals surface area contributed by atoms with Crippen LogP contribution < -0.4 is 10.6 Å². The number of amides is 1. The first kappa shape index (κ1) is 22.6.